The van der Waals surface area contributed by atoms with Gasteiger partial charge in [0.2, 0.25) is 10.0 Å². The lowest BCUT2D eigenvalue weighted by Gasteiger charge is -2.33. The molecule has 0 saturated carbocycles. The highest BCUT2D eigenvalue weighted by Crippen LogP contribution is 2.26. The molecule has 5 rings (SSSR count). The lowest BCUT2D eigenvalue weighted by molar-refractivity contribution is 0.144. The third-order valence-electron chi connectivity index (χ3n) is 6.11. The first-order chi connectivity index (χ1) is 14.5. The molecule has 1 fully saturated rings. The molecule has 30 heavy (non-hydrogen) atoms. The van der Waals surface area contributed by atoms with Gasteiger partial charge in [0, 0.05) is 32.4 Å². The molecule has 3 aromatic rings. The number of aromatic nitrogens is 3. The summed E-state index contributed by atoms with van der Waals surface area (Å²) >= 11 is 0. The Morgan fingerprint density at radius 1 is 0.933 bits per heavy atom. The van der Waals surface area contributed by atoms with Crippen LogP contribution < -0.4 is 5.69 Å². The van der Waals surface area contributed by atoms with Crippen molar-refractivity contribution in [1.82, 2.24) is 23.4 Å². The number of hydrogen-bond donors (Lipinski definition) is 0. The van der Waals surface area contributed by atoms with Gasteiger partial charge in [-0.25, -0.2) is 13.2 Å². The molecule has 9 heteroatoms. The monoisotopic (exact) mass is 427 g/mol. The van der Waals surface area contributed by atoms with Crippen LogP contribution in [0.2, 0.25) is 0 Å². The molecule has 0 atom stereocenters. The fourth-order valence-electron chi connectivity index (χ4n) is 4.38. The lowest BCUT2D eigenvalue weighted by atomic mass is 9.92. The summed E-state index contributed by atoms with van der Waals surface area (Å²) in [7, 11) is -3.50. The fraction of sp³-hybridized carbons (Fsp3) is 0.429. The Bertz CT molecular complexity index is 1240. The Morgan fingerprint density at radius 2 is 1.70 bits per heavy atom. The molecule has 8 nitrogen and oxygen atoms in total. The highest BCUT2D eigenvalue weighted by Gasteiger charge is 2.29. The minimum absolute atomic E-state index is 0.185. The van der Waals surface area contributed by atoms with Crippen LogP contribution in [0.25, 0.3) is 5.65 Å². The van der Waals surface area contributed by atoms with Gasteiger partial charge in [-0.15, -0.1) is 5.10 Å². The number of rotatable bonds is 4. The zero-order valence-corrected chi connectivity index (χ0v) is 17.6. The number of pyridine rings is 1. The maximum Gasteiger partial charge on any atom is 0.351 e. The van der Waals surface area contributed by atoms with Crippen molar-refractivity contribution in [2.24, 2.45) is 0 Å². The molecule has 0 bridgehead atoms. The van der Waals surface area contributed by atoms with Crippen LogP contribution >= 0.6 is 0 Å². The zero-order chi connectivity index (χ0) is 20.7. The van der Waals surface area contributed by atoms with Gasteiger partial charge in [0.15, 0.2) is 5.65 Å². The first kappa shape index (κ1) is 19.5. The molecule has 0 N–H and O–H groups in total. The largest absolute Gasteiger partial charge is 0.351 e. The van der Waals surface area contributed by atoms with E-state index in [-0.39, 0.29) is 5.69 Å². The predicted molar refractivity (Wildman–Crippen MR) is 113 cm³/mol. The molecule has 0 radical (unpaired) electrons. The molecule has 3 heterocycles. The van der Waals surface area contributed by atoms with Gasteiger partial charge in [-0.3, -0.25) is 9.30 Å². The van der Waals surface area contributed by atoms with E-state index in [0.717, 1.165) is 19.3 Å². The quantitative estimate of drug-likeness (QED) is 0.628. The summed E-state index contributed by atoms with van der Waals surface area (Å²) in [5, 5.41) is 4.36. The summed E-state index contributed by atoms with van der Waals surface area (Å²) in [6.45, 7) is 2.28. The molecule has 2 aromatic heterocycles. The number of aryl methyl sites for hydroxylation is 2. The fourth-order valence-corrected chi connectivity index (χ4v) is 5.85. The van der Waals surface area contributed by atoms with E-state index in [4.69, 9.17) is 0 Å². The van der Waals surface area contributed by atoms with Crippen LogP contribution in [0.3, 0.4) is 0 Å². The third kappa shape index (κ3) is 3.46. The molecule has 2 aliphatic rings. The van der Waals surface area contributed by atoms with Crippen molar-refractivity contribution in [2.45, 2.75) is 37.2 Å². The SMILES string of the molecule is O=c1n(CN2CCN(S(=O)(=O)c3ccc4c(c3)CCCC4)CC2)nc2ccccn12. The van der Waals surface area contributed by atoms with E-state index in [2.05, 4.69) is 10.00 Å². The first-order valence-electron chi connectivity index (χ1n) is 10.4. The van der Waals surface area contributed by atoms with E-state index >= 15 is 0 Å². The van der Waals surface area contributed by atoms with Crippen molar-refractivity contribution in [3.63, 3.8) is 0 Å². The predicted octanol–water partition coefficient (Wildman–Crippen LogP) is 1.34. The summed E-state index contributed by atoms with van der Waals surface area (Å²) < 4.78 is 30.8. The lowest BCUT2D eigenvalue weighted by Crippen LogP contribution is -2.49. The molecular weight excluding hydrogens is 402 g/mol. The summed E-state index contributed by atoms with van der Waals surface area (Å²) in [6.07, 6.45) is 6.00. The van der Waals surface area contributed by atoms with Crippen molar-refractivity contribution in [3.8, 4) is 0 Å². The Morgan fingerprint density at radius 3 is 2.47 bits per heavy atom. The number of sulfonamides is 1. The van der Waals surface area contributed by atoms with Crippen molar-refractivity contribution >= 4 is 15.7 Å². The Labute approximate surface area is 175 Å². The molecule has 0 spiro atoms. The number of piperazine rings is 1. The Hall–Kier alpha value is -2.49. The van der Waals surface area contributed by atoms with Crippen LogP contribution in [-0.4, -0.2) is 58.0 Å². The van der Waals surface area contributed by atoms with Gasteiger partial charge in [0.25, 0.3) is 0 Å². The van der Waals surface area contributed by atoms with E-state index in [1.54, 1.807) is 28.7 Å². The summed E-state index contributed by atoms with van der Waals surface area (Å²) in [6, 6.07) is 11.0. The molecule has 1 aliphatic carbocycles. The second-order valence-electron chi connectivity index (χ2n) is 8.01. The number of benzene rings is 1. The standard InChI is InChI=1S/C21H25N5O3S/c27-21-25-10-4-3-7-20(25)22-26(21)16-23-11-13-24(14-12-23)30(28,29)19-9-8-17-5-1-2-6-18(17)15-19/h3-4,7-10,15H,1-2,5-6,11-14,16H2. The molecule has 1 aliphatic heterocycles. The molecule has 0 amide bonds. The van der Waals surface area contributed by atoms with Crippen molar-refractivity contribution < 1.29 is 8.42 Å². The van der Waals surface area contributed by atoms with Gasteiger partial charge < -0.3 is 0 Å². The van der Waals surface area contributed by atoms with Crippen LogP contribution in [-0.2, 0) is 29.5 Å². The van der Waals surface area contributed by atoms with E-state index in [1.807, 2.05) is 18.2 Å². The van der Waals surface area contributed by atoms with Crippen molar-refractivity contribution in [1.29, 1.82) is 0 Å². The molecule has 1 saturated heterocycles. The molecule has 158 valence electrons. The number of nitrogens with zero attached hydrogens (tertiary/aromatic N) is 5. The third-order valence-corrected chi connectivity index (χ3v) is 8.01. The normalized spacial score (nSPS) is 18.5. The maximum absolute atomic E-state index is 13.1. The zero-order valence-electron chi connectivity index (χ0n) is 16.8. The second kappa shape index (κ2) is 7.64. The van der Waals surface area contributed by atoms with Crippen LogP contribution in [0.15, 0.2) is 52.3 Å². The van der Waals surface area contributed by atoms with Crippen LogP contribution in [0.5, 0.6) is 0 Å². The van der Waals surface area contributed by atoms with Crippen LogP contribution in [0.1, 0.15) is 24.0 Å². The molecule has 0 unspecified atom stereocenters. The minimum Gasteiger partial charge on any atom is -0.282 e. The van der Waals surface area contributed by atoms with Gasteiger partial charge in [0.1, 0.15) is 0 Å². The highest BCUT2D eigenvalue weighted by atomic mass is 32.2. The maximum atomic E-state index is 13.1. The first-order valence-corrected chi connectivity index (χ1v) is 11.8. The second-order valence-corrected chi connectivity index (χ2v) is 9.95. The smallest absolute Gasteiger partial charge is 0.282 e. The Kier molecular flexibility index (Phi) is 4.96. The van der Waals surface area contributed by atoms with E-state index in [1.165, 1.54) is 26.6 Å². The molecular formula is C21H25N5O3S. The summed E-state index contributed by atoms with van der Waals surface area (Å²) in [4.78, 5) is 14.9. The highest BCUT2D eigenvalue weighted by molar-refractivity contribution is 7.89. The number of fused-ring (bicyclic) bond motifs is 2. The summed E-state index contributed by atoms with van der Waals surface area (Å²) in [5.41, 5.74) is 2.88. The van der Waals surface area contributed by atoms with Gasteiger partial charge in [0.05, 0.1) is 11.6 Å². The topological polar surface area (TPSA) is 79.9 Å². The van der Waals surface area contributed by atoms with Gasteiger partial charge in [-0.2, -0.15) is 8.99 Å². The average Bonchev–Trinajstić information content (AvgIpc) is 3.09. The van der Waals surface area contributed by atoms with Crippen molar-refractivity contribution in [3.05, 3.63) is 64.2 Å². The Balaban J connectivity index is 1.28. The minimum atomic E-state index is -3.50. The van der Waals surface area contributed by atoms with E-state index < -0.39 is 10.0 Å². The van der Waals surface area contributed by atoms with Crippen molar-refractivity contribution in [2.75, 3.05) is 26.2 Å². The van der Waals surface area contributed by atoms with E-state index in [9.17, 15) is 13.2 Å². The van der Waals surface area contributed by atoms with Gasteiger partial charge in [-0.1, -0.05) is 12.1 Å². The summed E-state index contributed by atoms with van der Waals surface area (Å²) in [5.74, 6) is 0. The number of hydrogen-bond acceptors (Lipinski definition) is 5. The average molecular weight is 428 g/mol. The van der Waals surface area contributed by atoms with Gasteiger partial charge in [-0.05, 0) is 61.1 Å². The molecule has 1 aromatic carbocycles. The van der Waals surface area contributed by atoms with E-state index in [0.29, 0.717) is 43.4 Å². The van der Waals surface area contributed by atoms with Crippen LogP contribution in [0, 0.1) is 0 Å². The van der Waals surface area contributed by atoms with Crippen LogP contribution in [0.4, 0.5) is 0 Å². The van der Waals surface area contributed by atoms with Gasteiger partial charge >= 0.3 is 5.69 Å².